The molecule has 0 amide bonds. The van der Waals surface area contributed by atoms with Crippen molar-refractivity contribution in [1.29, 1.82) is 0 Å². The van der Waals surface area contributed by atoms with Crippen molar-refractivity contribution in [3.63, 3.8) is 0 Å². The number of carbonyl (C=O) groups is 1. The number of rotatable bonds is 2. The Kier molecular flexibility index (Phi) is 2.30. The second-order valence-electron chi connectivity index (χ2n) is 3.52. The number of carboxylic acid groups (broad SMARTS) is 1. The van der Waals surface area contributed by atoms with Crippen molar-refractivity contribution < 1.29 is 18.7 Å². The Labute approximate surface area is 93.0 Å². The van der Waals surface area contributed by atoms with Gasteiger partial charge in [-0.25, -0.2) is 8.78 Å². The highest BCUT2D eigenvalue weighted by Gasteiger charge is 2.72. The molecule has 0 radical (unpaired) electrons. The molecule has 80 valence electrons. The standard InChI is InChI=1S/C10H7BrF2O2/c11-6-3-1-5(2-4-6)7-8(9(14)15)10(7,12)13/h1-4,7-8H,(H,14,15)/t7-,8-/m1/s1. The zero-order chi connectivity index (χ0) is 11.2. The van der Waals surface area contributed by atoms with E-state index in [0.717, 1.165) is 4.47 Å². The second-order valence-corrected chi connectivity index (χ2v) is 4.44. The molecule has 1 saturated carbocycles. The van der Waals surface area contributed by atoms with E-state index >= 15 is 0 Å². The number of carboxylic acids is 1. The fourth-order valence-electron chi connectivity index (χ4n) is 1.72. The molecular formula is C10H7BrF2O2. The van der Waals surface area contributed by atoms with Crippen LogP contribution < -0.4 is 0 Å². The van der Waals surface area contributed by atoms with Crippen molar-refractivity contribution in [3.05, 3.63) is 34.3 Å². The Morgan fingerprint density at radius 2 is 1.87 bits per heavy atom. The van der Waals surface area contributed by atoms with Gasteiger partial charge in [0.2, 0.25) is 0 Å². The second kappa shape index (κ2) is 3.27. The van der Waals surface area contributed by atoms with E-state index in [2.05, 4.69) is 15.9 Å². The van der Waals surface area contributed by atoms with E-state index in [0.29, 0.717) is 5.56 Å². The van der Waals surface area contributed by atoms with Crippen molar-refractivity contribution in [1.82, 2.24) is 0 Å². The first-order valence-electron chi connectivity index (χ1n) is 4.30. The van der Waals surface area contributed by atoms with E-state index in [1.807, 2.05) is 0 Å². The fourth-order valence-corrected chi connectivity index (χ4v) is 1.98. The summed E-state index contributed by atoms with van der Waals surface area (Å²) in [5, 5.41) is 8.59. The minimum atomic E-state index is -3.11. The van der Waals surface area contributed by atoms with Crippen molar-refractivity contribution in [3.8, 4) is 0 Å². The lowest BCUT2D eigenvalue weighted by molar-refractivity contribution is -0.140. The van der Waals surface area contributed by atoms with Gasteiger partial charge >= 0.3 is 5.97 Å². The van der Waals surface area contributed by atoms with Crippen molar-refractivity contribution in [2.75, 3.05) is 0 Å². The Bertz CT molecular complexity index is 402. The number of hydrogen-bond donors (Lipinski definition) is 1. The normalized spacial score (nSPS) is 27.4. The molecule has 2 atom stereocenters. The third-order valence-electron chi connectivity index (χ3n) is 2.55. The molecular weight excluding hydrogens is 270 g/mol. The molecule has 1 aliphatic rings. The Balaban J connectivity index is 2.27. The molecule has 1 aromatic rings. The van der Waals surface area contributed by atoms with Gasteiger partial charge in [0.05, 0.1) is 5.92 Å². The van der Waals surface area contributed by atoms with Gasteiger partial charge in [-0.3, -0.25) is 4.79 Å². The molecule has 0 aliphatic heterocycles. The van der Waals surface area contributed by atoms with Gasteiger partial charge in [0.15, 0.2) is 0 Å². The molecule has 0 bridgehead atoms. The molecule has 1 N–H and O–H groups in total. The Morgan fingerprint density at radius 3 is 2.27 bits per heavy atom. The minimum Gasteiger partial charge on any atom is -0.481 e. The van der Waals surface area contributed by atoms with Crippen LogP contribution in [-0.4, -0.2) is 17.0 Å². The van der Waals surface area contributed by atoms with E-state index in [9.17, 15) is 13.6 Å². The lowest BCUT2D eigenvalue weighted by Gasteiger charge is -1.98. The Hall–Kier alpha value is -0.970. The Morgan fingerprint density at radius 1 is 1.33 bits per heavy atom. The molecule has 5 heteroatoms. The van der Waals surface area contributed by atoms with Crippen LogP contribution >= 0.6 is 15.9 Å². The van der Waals surface area contributed by atoms with Crippen LogP contribution in [0.2, 0.25) is 0 Å². The third-order valence-corrected chi connectivity index (χ3v) is 3.08. The molecule has 1 aromatic carbocycles. The highest BCUT2D eigenvalue weighted by molar-refractivity contribution is 9.10. The monoisotopic (exact) mass is 276 g/mol. The first-order valence-corrected chi connectivity index (χ1v) is 5.10. The van der Waals surface area contributed by atoms with Crippen molar-refractivity contribution in [2.45, 2.75) is 11.8 Å². The molecule has 2 nitrogen and oxygen atoms in total. The summed E-state index contributed by atoms with van der Waals surface area (Å²) >= 11 is 3.18. The average Bonchev–Trinajstić information content (AvgIpc) is 2.70. The number of hydrogen-bond acceptors (Lipinski definition) is 1. The smallest absolute Gasteiger partial charge is 0.313 e. The van der Waals surface area contributed by atoms with Crippen LogP contribution in [0.5, 0.6) is 0 Å². The summed E-state index contributed by atoms with van der Waals surface area (Å²) in [5.41, 5.74) is 0.371. The molecule has 0 spiro atoms. The van der Waals surface area contributed by atoms with Crippen LogP contribution in [0.1, 0.15) is 11.5 Å². The van der Waals surface area contributed by atoms with E-state index in [-0.39, 0.29) is 0 Å². The molecule has 1 aliphatic carbocycles. The van der Waals surface area contributed by atoms with Gasteiger partial charge < -0.3 is 5.11 Å². The summed E-state index contributed by atoms with van der Waals surface area (Å²) < 4.78 is 27.0. The molecule has 0 aromatic heterocycles. The maximum absolute atomic E-state index is 13.1. The van der Waals surface area contributed by atoms with Gasteiger partial charge in [0, 0.05) is 4.47 Å². The third kappa shape index (κ3) is 1.65. The van der Waals surface area contributed by atoms with Gasteiger partial charge in [-0.1, -0.05) is 28.1 Å². The van der Waals surface area contributed by atoms with Crippen molar-refractivity contribution in [2.24, 2.45) is 5.92 Å². The molecule has 2 rings (SSSR count). The molecule has 1 fully saturated rings. The zero-order valence-electron chi connectivity index (χ0n) is 7.45. The van der Waals surface area contributed by atoms with Crippen LogP contribution in [0.25, 0.3) is 0 Å². The fraction of sp³-hybridized carbons (Fsp3) is 0.300. The molecule has 0 saturated heterocycles. The van der Waals surface area contributed by atoms with Crippen LogP contribution in [-0.2, 0) is 4.79 Å². The zero-order valence-corrected chi connectivity index (χ0v) is 9.04. The maximum atomic E-state index is 13.1. The predicted molar refractivity (Wildman–Crippen MR) is 53.0 cm³/mol. The lowest BCUT2D eigenvalue weighted by atomic mass is 10.1. The average molecular weight is 277 g/mol. The summed E-state index contributed by atoms with van der Waals surface area (Å²) in [6.45, 7) is 0. The molecule has 15 heavy (non-hydrogen) atoms. The summed E-state index contributed by atoms with van der Waals surface area (Å²) in [7, 11) is 0. The van der Waals surface area contributed by atoms with E-state index in [1.165, 1.54) is 12.1 Å². The highest BCUT2D eigenvalue weighted by Crippen LogP contribution is 2.61. The lowest BCUT2D eigenvalue weighted by Crippen LogP contribution is -2.04. The van der Waals surface area contributed by atoms with Crippen molar-refractivity contribution >= 4 is 21.9 Å². The van der Waals surface area contributed by atoms with Gasteiger partial charge in [0.25, 0.3) is 5.92 Å². The van der Waals surface area contributed by atoms with Crippen LogP contribution in [0.3, 0.4) is 0 Å². The SMILES string of the molecule is O=C(O)[C@H]1[C@@H](c2ccc(Br)cc2)C1(F)F. The topological polar surface area (TPSA) is 37.3 Å². The van der Waals surface area contributed by atoms with E-state index < -0.39 is 23.7 Å². The molecule has 0 unspecified atom stereocenters. The van der Waals surface area contributed by atoms with Crippen LogP contribution in [0, 0.1) is 5.92 Å². The van der Waals surface area contributed by atoms with Crippen LogP contribution in [0.15, 0.2) is 28.7 Å². The van der Waals surface area contributed by atoms with Gasteiger partial charge in [-0.15, -0.1) is 0 Å². The highest BCUT2D eigenvalue weighted by atomic mass is 79.9. The van der Waals surface area contributed by atoms with Gasteiger partial charge in [-0.05, 0) is 17.7 Å². The predicted octanol–water partition coefficient (Wildman–Crippen LogP) is 2.88. The largest absolute Gasteiger partial charge is 0.481 e. The summed E-state index contributed by atoms with van der Waals surface area (Å²) in [4.78, 5) is 10.5. The first kappa shape index (κ1) is 10.5. The number of benzene rings is 1. The molecule has 0 heterocycles. The maximum Gasteiger partial charge on any atom is 0.313 e. The quantitative estimate of drug-likeness (QED) is 0.902. The minimum absolute atomic E-state index is 0.371. The number of alkyl halides is 2. The summed E-state index contributed by atoms with van der Waals surface area (Å²) in [5.74, 6) is -7.30. The van der Waals surface area contributed by atoms with Crippen LogP contribution in [0.4, 0.5) is 8.78 Å². The summed E-state index contributed by atoms with van der Waals surface area (Å²) in [6, 6.07) is 6.29. The van der Waals surface area contributed by atoms with Gasteiger partial charge in [-0.2, -0.15) is 0 Å². The summed E-state index contributed by atoms with van der Waals surface area (Å²) in [6.07, 6.45) is 0. The van der Waals surface area contributed by atoms with E-state index in [4.69, 9.17) is 5.11 Å². The number of halogens is 3. The van der Waals surface area contributed by atoms with E-state index in [1.54, 1.807) is 12.1 Å². The number of aliphatic carboxylic acids is 1. The first-order chi connectivity index (χ1) is 6.94. The van der Waals surface area contributed by atoms with Gasteiger partial charge in [0.1, 0.15) is 5.92 Å².